The van der Waals surface area contributed by atoms with E-state index in [1.54, 1.807) is 43.3 Å². The maximum Gasteiger partial charge on any atom is 0.257 e. The summed E-state index contributed by atoms with van der Waals surface area (Å²) in [5, 5.41) is 5.51. The minimum Gasteiger partial charge on any atom is -0.326 e. The van der Waals surface area contributed by atoms with E-state index in [-0.39, 0.29) is 11.8 Å². The molecule has 6 heteroatoms. The number of rotatable bonds is 4. The van der Waals surface area contributed by atoms with Crippen molar-refractivity contribution in [3.63, 3.8) is 0 Å². The maximum absolute atomic E-state index is 12.1. The number of benzene rings is 1. The zero-order chi connectivity index (χ0) is 15.2. The molecule has 0 unspecified atom stereocenters. The minimum atomic E-state index is -0.256. The van der Waals surface area contributed by atoms with Crippen molar-refractivity contribution in [1.29, 1.82) is 0 Å². The summed E-state index contributed by atoms with van der Waals surface area (Å²) in [6.45, 7) is 1.78. The smallest absolute Gasteiger partial charge is 0.257 e. The molecular weight excluding hydrogens is 334 g/mol. The third kappa shape index (κ3) is 4.39. The van der Waals surface area contributed by atoms with E-state index in [1.165, 1.54) is 6.20 Å². The molecule has 0 radical (unpaired) electrons. The Kier molecular flexibility index (Phi) is 5.05. The van der Waals surface area contributed by atoms with Crippen LogP contribution in [0.3, 0.4) is 0 Å². The van der Waals surface area contributed by atoms with Crippen molar-refractivity contribution in [2.45, 2.75) is 13.3 Å². The van der Waals surface area contributed by atoms with Gasteiger partial charge in [-0.15, -0.1) is 0 Å². The predicted octanol–water partition coefficient (Wildman–Crippen LogP) is 3.44. The van der Waals surface area contributed by atoms with Gasteiger partial charge in [-0.2, -0.15) is 0 Å². The second-order valence-corrected chi connectivity index (χ2v) is 5.12. The molecule has 2 rings (SSSR count). The molecule has 1 aromatic heterocycles. The lowest BCUT2D eigenvalue weighted by molar-refractivity contribution is -0.115. The Morgan fingerprint density at radius 1 is 1.14 bits per heavy atom. The van der Waals surface area contributed by atoms with Gasteiger partial charge in [-0.1, -0.05) is 13.0 Å². The van der Waals surface area contributed by atoms with Gasteiger partial charge in [0.2, 0.25) is 5.91 Å². The summed E-state index contributed by atoms with van der Waals surface area (Å²) in [6.07, 6.45) is 1.89. The monoisotopic (exact) mass is 347 g/mol. The highest BCUT2D eigenvalue weighted by Crippen LogP contribution is 2.16. The Hall–Kier alpha value is -2.21. The number of carbonyl (C=O) groups is 2. The van der Waals surface area contributed by atoms with E-state index < -0.39 is 0 Å². The van der Waals surface area contributed by atoms with Gasteiger partial charge in [-0.3, -0.25) is 9.59 Å². The molecule has 0 bridgehead atoms. The number of aromatic nitrogens is 1. The van der Waals surface area contributed by atoms with E-state index in [2.05, 4.69) is 31.5 Å². The van der Waals surface area contributed by atoms with E-state index in [1.807, 2.05) is 0 Å². The average Bonchev–Trinajstić information content (AvgIpc) is 2.48. The molecule has 21 heavy (non-hydrogen) atoms. The van der Waals surface area contributed by atoms with E-state index in [0.717, 1.165) is 0 Å². The second kappa shape index (κ2) is 6.99. The number of amides is 2. The van der Waals surface area contributed by atoms with Crippen LogP contribution < -0.4 is 10.6 Å². The van der Waals surface area contributed by atoms with Crippen molar-refractivity contribution < 1.29 is 9.59 Å². The molecule has 0 saturated carbocycles. The van der Waals surface area contributed by atoms with Crippen molar-refractivity contribution in [2.75, 3.05) is 10.6 Å². The number of halogens is 1. The van der Waals surface area contributed by atoms with Gasteiger partial charge in [0.1, 0.15) is 4.60 Å². The zero-order valence-corrected chi connectivity index (χ0v) is 13.0. The largest absolute Gasteiger partial charge is 0.326 e. The van der Waals surface area contributed by atoms with Crippen LogP contribution in [0, 0.1) is 0 Å². The van der Waals surface area contributed by atoms with Crippen LogP contribution in [0.1, 0.15) is 23.7 Å². The first-order valence-corrected chi connectivity index (χ1v) is 7.20. The molecule has 108 valence electrons. The van der Waals surface area contributed by atoms with Gasteiger partial charge >= 0.3 is 0 Å². The number of carbonyl (C=O) groups excluding carboxylic acids is 2. The average molecular weight is 348 g/mol. The normalized spacial score (nSPS) is 10.0. The van der Waals surface area contributed by atoms with E-state index in [4.69, 9.17) is 0 Å². The third-order valence-electron chi connectivity index (χ3n) is 2.71. The maximum atomic E-state index is 12.1. The molecule has 2 N–H and O–H groups in total. The van der Waals surface area contributed by atoms with Crippen LogP contribution in [0.4, 0.5) is 11.4 Å². The first-order chi connectivity index (χ1) is 10.1. The summed E-state index contributed by atoms with van der Waals surface area (Å²) in [5.41, 5.74) is 1.71. The third-order valence-corrected chi connectivity index (χ3v) is 3.18. The summed E-state index contributed by atoms with van der Waals surface area (Å²) in [6, 6.07) is 10.4. The van der Waals surface area contributed by atoms with Gasteiger partial charge in [-0.05, 0) is 46.3 Å². The highest BCUT2D eigenvalue weighted by atomic mass is 79.9. The molecule has 0 aliphatic rings. The van der Waals surface area contributed by atoms with Crippen LogP contribution in [0.15, 0.2) is 47.2 Å². The Bertz CT molecular complexity index is 656. The lowest BCUT2D eigenvalue weighted by Crippen LogP contribution is -2.13. The van der Waals surface area contributed by atoms with Crippen molar-refractivity contribution in [2.24, 2.45) is 0 Å². The Balaban J connectivity index is 2.08. The summed E-state index contributed by atoms with van der Waals surface area (Å²) >= 11 is 3.22. The Morgan fingerprint density at radius 3 is 2.48 bits per heavy atom. The van der Waals surface area contributed by atoms with Crippen LogP contribution in [-0.4, -0.2) is 16.8 Å². The van der Waals surface area contributed by atoms with Crippen LogP contribution in [0.2, 0.25) is 0 Å². The fraction of sp³-hybridized carbons (Fsp3) is 0.133. The number of pyridine rings is 1. The van der Waals surface area contributed by atoms with Crippen LogP contribution >= 0.6 is 15.9 Å². The molecule has 0 aliphatic heterocycles. The standard InChI is InChI=1S/C15H14BrN3O2/c1-2-14(20)18-11-4-3-5-12(8-11)19-15(21)10-6-7-13(16)17-9-10/h3-9H,2H2,1H3,(H,18,20)(H,19,21). The van der Waals surface area contributed by atoms with Crippen LogP contribution in [0.5, 0.6) is 0 Å². The number of hydrogen-bond donors (Lipinski definition) is 2. The van der Waals surface area contributed by atoms with Gasteiger partial charge in [0.05, 0.1) is 5.56 Å². The molecule has 0 atom stereocenters. The Morgan fingerprint density at radius 2 is 1.86 bits per heavy atom. The van der Waals surface area contributed by atoms with Crippen molar-refractivity contribution in [3.8, 4) is 0 Å². The summed E-state index contributed by atoms with van der Waals surface area (Å²) < 4.78 is 0.670. The minimum absolute atomic E-state index is 0.0735. The lowest BCUT2D eigenvalue weighted by Gasteiger charge is -2.08. The van der Waals surface area contributed by atoms with Gasteiger partial charge in [0.25, 0.3) is 5.91 Å². The fourth-order valence-electron chi connectivity index (χ4n) is 1.64. The fourth-order valence-corrected chi connectivity index (χ4v) is 1.87. The molecule has 0 spiro atoms. The van der Waals surface area contributed by atoms with Crippen molar-refractivity contribution >= 4 is 39.1 Å². The second-order valence-electron chi connectivity index (χ2n) is 4.31. The molecule has 1 aromatic carbocycles. The molecule has 2 amide bonds. The predicted molar refractivity (Wildman–Crippen MR) is 85.3 cm³/mol. The molecular formula is C15H14BrN3O2. The molecule has 0 saturated heterocycles. The van der Waals surface area contributed by atoms with Gasteiger partial charge in [0, 0.05) is 24.0 Å². The molecule has 0 fully saturated rings. The SMILES string of the molecule is CCC(=O)Nc1cccc(NC(=O)c2ccc(Br)nc2)c1. The van der Waals surface area contributed by atoms with E-state index >= 15 is 0 Å². The van der Waals surface area contributed by atoms with Crippen LogP contribution in [0.25, 0.3) is 0 Å². The van der Waals surface area contributed by atoms with E-state index in [0.29, 0.717) is 28.0 Å². The van der Waals surface area contributed by atoms with Crippen molar-refractivity contribution in [1.82, 2.24) is 4.98 Å². The molecule has 1 heterocycles. The topological polar surface area (TPSA) is 71.1 Å². The zero-order valence-electron chi connectivity index (χ0n) is 11.4. The molecule has 0 aliphatic carbocycles. The van der Waals surface area contributed by atoms with Gasteiger partial charge in [0.15, 0.2) is 0 Å². The number of anilines is 2. The van der Waals surface area contributed by atoms with Crippen LogP contribution in [-0.2, 0) is 4.79 Å². The van der Waals surface area contributed by atoms with E-state index in [9.17, 15) is 9.59 Å². The first kappa shape index (κ1) is 15.2. The number of nitrogens with zero attached hydrogens (tertiary/aromatic N) is 1. The van der Waals surface area contributed by atoms with Gasteiger partial charge in [-0.25, -0.2) is 4.98 Å². The summed E-state index contributed by atoms with van der Waals surface area (Å²) in [4.78, 5) is 27.4. The highest BCUT2D eigenvalue weighted by Gasteiger charge is 2.07. The van der Waals surface area contributed by atoms with Gasteiger partial charge < -0.3 is 10.6 Å². The first-order valence-electron chi connectivity index (χ1n) is 6.41. The molecule has 5 nitrogen and oxygen atoms in total. The van der Waals surface area contributed by atoms with Crippen molar-refractivity contribution in [3.05, 3.63) is 52.8 Å². The lowest BCUT2D eigenvalue weighted by atomic mass is 10.2. The Labute approximate surface area is 130 Å². The highest BCUT2D eigenvalue weighted by molar-refractivity contribution is 9.10. The quantitative estimate of drug-likeness (QED) is 0.832. The summed E-state index contributed by atoms with van der Waals surface area (Å²) in [5.74, 6) is -0.329. The number of nitrogens with one attached hydrogen (secondary N) is 2. The number of hydrogen-bond acceptors (Lipinski definition) is 3. The summed E-state index contributed by atoms with van der Waals surface area (Å²) in [7, 11) is 0. The molecule has 2 aromatic rings.